The van der Waals surface area contributed by atoms with Crippen LogP contribution in [0.25, 0.3) is 22.6 Å². The van der Waals surface area contributed by atoms with Gasteiger partial charge in [-0.15, -0.1) is 18.3 Å². The maximum absolute atomic E-state index is 13.1. The van der Waals surface area contributed by atoms with E-state index < -0.39 is 12.4 Å². The number of aryl methyl sites for hydroxylation is 1. The molecular weight excluding hydrogens is 601 g/mol. The van der Waals surface area contributed by atoms with Crippen LogP contribution in [0.15, 0.2) is 89.8 Å². The van der Waals surface area contributed by atoms with E-state index in [1.165, 1.54) is 40.8 Å². The van der Waals surface area contributed by atoms with Gasteiger partial charge in [-0.25, -0.2) is 14.5 Å². The molecule has 1 aliphatic heterocycles. The van der Waals surface area contributed by atoms with Crippen molar-refractivity contribution in [1.82, 2.24) is 20.1 Å². The number of halogens is 3. The molecule has 0 aliphatic carbocycles. The molecule has 4 aromatic rings. The maximum atomic E-state index is 13.1. The lowest BCUT2D eigenvalue weighted by Gasteiger charge is -2.36. The molecule has 45 heavy (non-hydrogen) atoms. The van der Waals surface area contributed by atoms with Gasteiger partial charge >= 0.3 is 12.4 Å². The van der Waals surface area contributed by atoms with Crippen LogP contribution in [0, 0.1) is 0 Å². The van der Waals surface area contributed by atoms with E-state index in [2.05, 4.69) is 56.0 Å². The number of rotatable bonds is 7. The normalized spacial score (nSPS) is 16.8. The van der Waals surface area contributed by atoms with Crippen LogP contribution >= 0.6 is 11.8 Å². The summed E-state index contributed by atoms with van der Waals surface area (Å²) in [4.78, 5) is 24.1. The van der Waals surface area contributed by atoms with Gasteiger partial charge in [0.1, 0.15) is 12.1 Å². The summed E-state index contributed by atoms with van der Waals surface area (Å²) in [5, 5.41) is 8.09. The third-order valence-electron chi connectivity index (χ3n) is 7.50. The quantitative estimate of drug-likeness (QED) is 0.220. The van der Waals surface area contributed by atoms with E-state index >= 15 is 0 Å². The number of allylic oxidation sites excluding steroid dienone is 2. The van der Waals surface area contributed by atoms with E-state index in [0.29, 0.717) is 22.4 Å². The largest absolute Gasteiger partial charge is 0.573 e. The number of para-hydroxylation sites is 1. The summed E-state index contributed by atoms with van der Waals surface area (Å²) >= 11 is 1.59. The fourth-order valence-corrected chi connectivity index (χ4v) is 6.16. The Kier molecular flexibility index (Phi) is 9.62. The van der Waals surface area contributed by atoms with Crippen LogP contribution < -0.4 is 15.0 Å². The Morgan fingerprint density at radius 2 is 1.78 bits per heavy atom. The number of amides is 2. The average molecular weight is 635 g/mol. The number of carbonyl (C=O) groups excluding carboxylic acids is 1. The number of nitrogens with one attached hydrogen (secondary N) is 1. The second-order valence-electron chi connectivity index (χ2n) is 10.5. The van der Waals surface area contributed by atoms with Crippen LogP contribution in [0.4, 0.5) is 23.7 Å². The summed E-state index contributed by atoms with van der Waals surface area (Å²) in [6, 6.07) is 21.0. The minimum atomic E-state index is -4.75. The Labute approximate surface area is 264 Å². The molecule has 5 rings (SSSR count). The highest BCUT2D eigenvalue weighted by molar-refractivity contribution is 8.14. The van der Waals surface area contributed by atoms with Crippen LogP contribution in [0.3, 0.4) is 0 Å². The molecule has 1 unspecified atom stereocenters. The molecule has 3 aromatic carbocycles. The Bertz CT molecular complexity index is 1720. The van der Waals surface area contributed by atoms with Crippen LogP contribution in [-0.4, -0.2) is 44.1 Å². The van der Waals surface area contributed by atoms with E-state index in [-0.39, 0.29) is 11.8 Å². The third kappa shape index (κ3) is 7.75. The number of aromatic nitrogens is 3. The number of amidine groups is 1. The van der Waals surface area contributed by atoms with Crippen molar-refractivity contribution in [2.24, 2.45) is 4.99 Å². The lowest BCUT2D eigenvalue weighted by molar-refractivity contribution is -0.274. The molecule has 0 bridgehead atoms. The number of urea groups is 1. The van der Waals surface area contributed by atoms with Crippen molar-refractivity contribution in [3.05, 3.63) is 95.9 Å². The summed E-state index contributed by atoms with van der Waals surface area (Å²) in [7, 11) is 0. The molecule has 12 heteroatoms. The van der Waals surface area contributed by atoms with Crippen molar-refractivity contribution in [3.8, 4) is 22.8 Å². The zero-order chi connectivity index (χ0) is 32.1. The topological polar surface area (TPSA) is 84.6 Å². The molecule has 0 saturated carbocycles. The molecular formula is C33H33F3N6O2S. The first-order valence-corrected chi connectivity index (χ1v) is 15.5. The molecule has 1 N–H and O–H groups in total. The van der Waals surface area contributed by atoms with Gasteiger partial charge in [0, 0.05) is 28.7 Å². The van der Waals surface area contributed by atoms with Crippen LogP contribution in [0.5, 0.6) is 5.75 Å². The first-order chi connectivity index (χ1) is 21.5. The Balaban J connectivity index is 1.27. The number of alkyl halides is 3. The zero-order valence-corrected chi connectivity index (χ0v) is 26.1. The van der Waals surface area contributed by atoms with Crippen molar-refractivity contribution < 1.29 is 22.7 Å². The predicted octanol–water partition coefficient (Wildman–Crippen LogP) is 8.24. The van der Waals surface area contributed by atoms with E-state index in [0.717, 1.165) is 41.0 Å². The van der Waals surface area contributed by atoms with Gasteiger partial charge in [0.2, 0.25) is 0 Å². The van der Waals surface area contributed by atoms with Gasteiger partial charge in [0.05, 0.1) is 5.69 Å². The fraction of sp³-hybridized carbons (Fsp3) is 0.273. The lowest BCUT2D eigenvalue weighted by atomic mass is 10.0. The molecule has 1 saturated heterocycles. The van der Waals surface area contributed by atoms with Crippen molar-refractivity contribution in [1.29, 1.82) is 0 Å². The van der Waals surface area contributed by atoms with Crippen molar-refractivity contribution in [3.63, 3.8) is 0 Å². The lowest BCUT2D eigenvalue weighted by Crippen LogP contribution is -2.42. The van der Waals surface area contributed by atoms with Crippen molar-refractivity contribution >= 4 is 34.2 Å². The summed E-state index contributed by atoms with van der Waals surface area (Å²) in [6.07, 6.45) is -1.38. The Morgan fingerprint density at radius 1 is 1.07 bits per heavy atom. The van der Waals surface area contributed by atoms with Gasteiger partial charge in [-0.1, -0.05) is 61.2 Å². The second kappa shape index (κ2) is 13.6. The molecule has 0 radical (unpaired) electrons. The molecule has 1 aromatic heterocycles. The van der Waals surface area contributed by atoms with Gasteiger partial charge in [-0.3, -0.25) is 0 Å². The Hall–Kier alpha value is -4.58. The van der Waals surface area contributed by atoms with Crippen LogP contribution in [-0.2, 0) is 6.42 Å². The summed E-state index contributed by atoms with van der Waals surface area (Å²) in [5.74, 6) is 1.04. The monoisotopic (exact) mass is 634 g/mol. The number of hydrogen-bond donors (Lipinski definition) is 1. The number of hydrogen-bond acceptors (Lipinski definition) is 5. The van der Waals surface area contributed by atoms with E-state index in [1.807, 2.05) is 50.2 Å². The predicted molar refractivity (Wildman–Crippen MR) is 173 cm³/mol. The average Bonchev–Trinajstić information content (AvgIpc) is 3.51. The van der Waals surface area contributed by atoms with Gasteiger partial charge < -0.3 is 15.0 Å². The van der Waals surface area contributed by atoms with Gasteiger partial charge in [-0.05, 0) is 80.6 Å². The number of aliphatic imine (C=N–C) groups is 1. The summed E-state index contributed by atoms with van der Waals surface area (Å²) in [5.41, 5.74) is 6.06. The number of benzene rings is 3. The highest BCUT2D eigenvalue weighted by Gasteiger charge is 2.31. The van der Waals surface area contributed by atoms with Gasteiger partial charge in [-0.2, -0.15) is 4.99 Å². The van der Waals surface area contributed by atoms with E-state index in [9.17, 15) is 18.0 Å². The molecule has 2 heterocycles. The molecule has 2 amide bonds. The Morgan fingerprint density at radius 3 is 2.47 bits per heavy atom. The molecule has 1 aliphatic rings. The SMILES string of the molecule is CCc1ccccc1N1C(=NC(=O)N/C(C)=C(\C)c2ccc(-c3ncn(-c4ccc(OC(F)(F)F)cc4)n3)cc2)SCCC1C. The highest BCUT2D eigenvalue weighted by Crippen LogP contribution is 2.32. The number of thioether (sulfide) groups is 1. The number of ether oxygens (including phenoxy) is 1. The number of carbonyl (C=O) groups is 1. The van der Waals surface area contributed by atoms with Crippen LogP contribution in [0.2, 0.25) is 0 Å². The molecule has 234 valence electrons. The first-order valence-electron chi connectivity index (χ1n) is 14.5. The molecule has 0 spiro atoms. The zero-order valence-electron chi connectivity index (χ0n) is 25.3. The van der Waals surface area contributed by atoms with E-state index in [4.69, 9.17) is 0 Å². The van der Waals surface area contributed by atoms with Crippen molar-refractivity contribution in [2.45, 2.75) is 52.9 Å². The number of anilines is 1. The minimum absolute atomic E-state index is 0.224. The molecule has 1 fully saturated rings. The van der Waals surface area contributed by atoms with Crippen LogP contribution in [0.1, 0.15) is 45.2 Å². The minimum Gasteiger partial charge on any atom is -0.406 e. The number of nitrogens with zero attached hydrogens (tertiary/aromatic N) is 5. The molecule has 8 nitrogen and oxygen atoms in total. The van der Waals surface area contributed by atoms with E-state index in [1.54, 1.807) is 11.8 Å². The molecule has 1 atom stereocenters. The smallest absolute Gasteiger partial charge is 0.406 e. The highest BCUT2D eigenvalue weighted by atomic mass is 32.2. The maximum Gasteiger partial charge on any atom is 0.573 e. The van der Waals surface area contributed by atoms with Gasteiger partial charge in [0.15, 0.2) is 11.0 Å². The second-order valence-corrected chi connectivity index (χ2v) is 11.6. The van der Waals surface area contributed by atoms with Gasteiger partial charge in [0.25, 0.3) is 0 Å². The summed E-state index contributed by atoms with van der Waals surface area (Å²) < 4.78 is 42.7. The fourth-order valence-electron chi connectivity index (χ4n) is 4.95. The first kappa shape index (κ1) is 31.8. The van der Waals surface area contributed by atoms with Crippen molar-refractivity contribution in [2.75, 3.05) is 10.7 Å². The summed E-state index contributed by atoms with van der Waals surface area (Å²) in [6.45, 7) is 8.06. The standard InChI is InChI=1S/C33H33F3N6O2S/c1-5-24-8-6-7-9-29(24)42-21(2)18-19-45-32(42)39-31(43)38-23(4)22(3)25-10-12-26(13-11-25)30-37-20-41(40-30)27-14-16-28(17-15-27)44-33(34,35)36/h6-17,20-21H,5,18-19H2,1-4H3,(H,38,43)/b23-22+,39-32?. The third-order valence-corrected chi connectivity index (χ3v) is 8.49.